The molecule has 0 fully saturated rings. The fourth-order valence-corrected chi connectivity index (χ4v) is 6.19. The first kappa shape index (κ1) is 26.3. The average molecular weight is 559 g/mol. The third-order valence-corrected chi connectivity index (χ3v) is 8.90. The van der Waals surface area contributed by atoms with Crippen molar-refractivity contribution in [2.45, 2.75) is 18.4 Å². The molecule has 0 radical (unpaired) electrons. The maximum atomic E-state index is 13.8. The van der Waals surface area contributed by atoms with Crippen molar-refractivity contribution in [3.8, 4) is 5.75 Å². The molecule has 0 spiro atoms. The predicted molar refractivity (Wildman–Crippen MR) is 154 cm³/mol. The fourth-order valence-electron chi connectivity index (χ4n) is 4.00. The minimum Gasteiger partial charge on any atom is -0.494 e. The first-order valence-electron chi connectivity index (χ1n) is 12.3. The monoisotopic (exact) mass is 558 g/mol. The van der Waals surface area contributed by atoms with E-state index in [9.17, 15) is 13.2 Å². The van der Waals surface area contributed by atoms with Crippen molar-refractivity contribution in [1.29, 1.82) is 0 Å². The van der Waals surface area contributed by atoms with Gasteiger partial charge in [0.25, 0.3) is 15.9 Å². The number of sulfonamides is 1. The lowest BCUT2D eigenvalue weighted by Crippen LogP contribution is -2.31. The Morgan fingerprint density at radius 2 is 1.69 bits per heavy atom. The lowest BCUT2D eigenvalue weighted by Gasteiger charge is -2.21. The molecule has 0 N–H and O–H groups in total. The first-order valence-corrected chi connectivity index (χ1v) is 14.5. The molecule has 0 atom stereocenters. The lowest BCUT2D eigenvalue weighted by atomic mass is 10.2. The number of para-hydroxylation sites is 1. The minimum absolute atomic E-state index is 0.0881. The Bertz CT molecular complexity index is 1690. The highest BCUT2D eigenvalue weighted by Crippen LogP contribution is 2.33. The number of hydrogen-bond donors (Lipinski definition) is 0. The number of amides is 1. The van der Waals surface area contributed by atoms with Crippen LogP contribution in [0.2, 0.25) is 0 Å². The number of pyridine rings is 1. The van der Waals surface area contributed by atoms with Crippen LogP contribution in [0.4, 0.5) is 10.8 Å². The topological polar surface area (TPSA) is 92.7 Å². The molecule has 5 rings (SSSR count). The maximum absolute atomic E-state index is 13.8. The quantitative estimate of drug-likeness (QED) is 0.228. The molecule has 1 amide bonds. The molecular formula is C29H26N4O4S2. The predicted octanol–water partition coefficient (Wildman–Crippen LogP) is 5.76. The van der Waals surface area contributed by atoms with Crippen molar-refractivity contribution < 1.29 is 17.9 Å². The Morgan fingerprint density at radius 1 is 0.949 bits per heavy atom. The van der Waals surface area contributed by atoms with E-state index < -0.39 is 10.0 Å². The van der Waals surface area contributed by atoms with Crippen LogP contribution in [0.5, 0.6) is 5.75 Å². The van der Waals surface area contributed by atoms with E-state index in [1.54, 1.807) is 35.4 Å². The third-order valence-electron chi connectivity index (χ3n) is 6.06. The summed E-state index contributed by atoms with van der Waals surface area (Å²) in [5, 5.41) is 0.509. The lowest BCUT2D eigenvalue weighted by molar-refractivity contribution is 0.0984. The second-order valence-corrected chi connectivity index (χ2v) is 11.6. The Labute approximate surface area is 231 Å². The van der Waals surface area contributed by atoms with Crippen LogP contribution in [-0.4, -0.2) is 37.9 Å². The van der Waals surface area contributed by atoms with Crippen molar-refractivity contribution in [2.75, 3.05) is 22.9 Å². The second kappa shape index (κ2) is 11.2. The van der Waals surface area contributed by atoms with Gasteiger partial charge in [0.1, 0.15) is 5.75 Å². The number of rotatable bonds is 9. The van der Waals surface area contributed by atoms with Gasteiger partial charge in [-0.05, 0) is 73.7 Å². The van der Waals surface area contributed by atoms with Crippen LogP contribution in [0, 0.1) is 0 Å². The van der Waals surface area contributed by atoms with E-state index in [-0.39, 0.29) is 17.3 Å². The summed E-state index contributed by atoms with van der Waals surface area (Å²) in [6.45, 7) is 2.68. The van der Waals surface area contributed by atoms with Crippen molar-refractivity contribution in [3.63, 3.8) is 0 Å². The Kier molecular flexibility index (Phi) is 7.58. The molecule has 0 aliphatic rings. The third kappa shape index (κ3) is 5.62. The molecule has 0 saturated heterocycles. The van der Waals surface area contributed by atoms with Crippen LogP contribution in [0.3, 0.4) is 0 Å². The molecule has 39 heavy (non-hydrogen) atoms. The molecular weight excluding hydrogens is 532 g/mol. The summed E-state index contributed by atoms with van der Waals surface area (Å²) in [6.07, 6.45) is 1.67. The standard InChI is InChI=1S/C29H26N4O4S2/c1-3-37-24-14-17-26-27(19-24)38-29(31-26)33(20-22-9-7-8-18-30-22)28(34)21-12-15-25(16-13-21)39(35,36)32(2)23-10-5-4-6-11-23/h4-19H,3,20H2,1-2H3. The summed E-state index contributed by atoms with van der Waals surface area (Å²) < 4.78 is 34.1. The number of carbonyl (C=O) groups excluding carboxylic acids is 1. The molecule has 8 nitrogen and oxygen atoms in total. The number of fused-ring (bicyclic) bond motifs is 1. The highest BCUT2D eigenvalue weighted by Gasteiger charge is 2.25. The number of ether oxygens (including phenoxy) is 1. The molecule has 2 heterocycles. The molecule has 0 unspecified atom stereocenters. The Morgan fingerprint density at radius 3 is 2.38 bits per heavy atom. The van der Waals surface area contributed by atoms with Crippen LogP contribution in [0.25, 0.3) is 10.2 Å². The van der Waals surface area contributed by atoms with Crippen molar-refractivity contribution in [1.82, 2.24) is 9.97 Å². The van der Waals surface area contributed by atoms with Gasteiger partial charge in [0, 0.05) is 18.8 Å². The molecule has 10 heteroatoms. The van der Waals surface area contributed by atoms with Gasteiger partial charge in [-0.2, -0.15) is 0 Å². The van der Waals surface area contributed by atoms with Crippen LogP contribution in [-0.2, 0) is 16.6 Å². The van der Waals surface area contributed by atoms with E-state index in [1.807, 2.05) is 49.4 Å². The zero-order valence-corrected chi connectivity index (χ0v) is 23.0. The summed E-state index contributed by atoms with van der Waals surface area (Å²) in [6, 6.07) is 25.9. The van der Waals surface area contributed by atoms with E-state index >= 15 is 0 Å². The van der Waals surface area contributed by atoms with Crippen molar-refractivity contribution in [3.05, 3.63) is 108 Å². The molecule has 0 aliphatic carbocycles. The molecule has 0 aliphatic heterocycles. The van der Waals surface area contributed by atoms with Crippen LogP contribution < -0.4 is 13.9 Å². The number of nitrogens with zero attached hydrogens (tertiary/aromatic N) is 4. The Balaban J connectivity index is 1.47. The number of benzene rings is 3. The van der Waals surface area contributed by atoms with Gasteiger partial charge in [-0.15, -0.1) is 0 Å². The molecule has 3 aromatic carbocycles. The summed E-state index contributed by atoms with van der Waals surface area (Å²) in [7, 11) is -2.30. The summed E-state index contributed by atoms with van der Waals surface area (Å²) in [4.78, 5) is 24.5. The molecule has 5 aromatic rings. The van der Waals surface area contributed by atoms with Gasteiger partial charge in [-0.3, -0.25) is 19.0 Å². The molecule has 0 saturated carbocycles. The van der Waals surface area contributed by atoms with E-state index in [0.717, 1.165) is 16.0 Å². The zero-order chi connectivity index (χ0) is 27.4. The van der Waals surface area contributed by atoms with Crippen LogP contribution in [0.1, 0.15) is 23.0 Å². The van der Waals surface area contributed by atoms with Crippen molar-refractivity contribution in [2.24, 2.45) is 0 Å². The number of hydrogen-bond acceptors (Lipinski definition) is 7. The van der Waals surface area contributed by atoms with Gasteiger partial charge in [0.15, 0.2) is 5.13 Å². The fraction of sp³-hybridized carbons (Fsp3) is 0.138. The summed E-state index contributed by atoms with van der Waals surface area (Å²) in [5.74, 6) is 0.421. The minimum atomic E-state index is -3.81. The highest BCUT2D eigenvalue weighted by atomic mass is 32.2. The van der Waals surface area contributed by atoms with Gasteiger partial charge >= 0.3 is 0 Å². The van der Waals surface area contributed by atoms with Gasteiger partial charge in [-0.25, -0.2) is 13.4 Å². The number of anilines is 2. The highest BCUT2D eigenvalue weighted by molar-refractivity contribution is 7.92. The van der Waals surface area contributed by atoms with Gasteiger partial charge in [0.05, 0.1) is 39.6 Å². The van der Waals surface area contributed by atoms with E-state index in [4.69, 9.17) is 9.72 Å². The average Bonchev–Trinajstić information content (AvgIpc) is 3.39. The summed E-state index contributed by atoms with van der Waals surface area (Å²) >= 11 is 1.38. The SMILES string of the molecule is CCOc1ccc2nc(N(Cc3ccccn3)C(=O)c3ccc(S(=O)(=O)N(C)c4ccccc4)cc3)sc2c1. The van der Waals surface area contributed by atoms with E-state index in [1.165, 1.54) is 47.0 Å². The Hall–Kier alpha value is -4.28. The van der Waals surface area contributed by atoms with Crippen LogP contribution in [0.15, 0.2) is 102 Å². The number of thiazole rings is 1. The molecule has 2 aromatic heterocycles. The maximum Gasteiger partial charge on any atom is 0.264 e. The molecule has 198 valence electrons. The van der Waals surface area contributed by atoms with E-state index in [0.29, 0.717) is 28.7 Å². The first-order chi connectivity index (χ1) is 18.9. The van der Waals surface area contributed by atoms with Crippen LogP contribution >= 0.6 is 11.3 Å². The van der Waals surface area contributed by atoms with Crippen molar-refractivity contribution >= 4 is 48.3 Å². The number of carbonyl (C=O) groups is 1. The van der Waals surface area contributed by atoms with Gasteiger partial charge in [0.2, 0.25) is 0 Å². The molecule has 0 bridgehead atoms. The smallest absolute Gasteiger partial charge is 0.264 e. The summed E-state index contributed by atoms with van der Waals surface area (Å²) in [5.41, 5.74) is 2.33. The van der Waals surface area contributed by atoms with E-state index in [2.05, 4.69) is 4.98 Å². The second-order valence-electron chi connectivity index (χ2n) is 8.60. The normalized spacial score (nSPS) is 11.3. The number of aromatic nitrogens is 2. The largest absolute Gasteiger partial charge is 0.494 e. The van der Waals surface area contributed by atoms with Gasteiger partial charge < -0.3 is 4.74 Å². The van der Waals surface area contributed by atoms with Gasteiger partial charge in [-0.1, -0.05) is 35.6 Å². The zero-order valence-electron chi connectivity index (χ0n) is 21.4.